The second-order valence-corrected chi connectivity index (χ2v) is 12.3. The Morgan fingerprint density at radius 1 is 0.974 bits per heavy atom. The molecule has 210 valence electrons. The average molecular weight is 551 g/mol. The molecule has 7 heteroatoms. The number of hydrogen-bond acceptors (Lipinski definition) is 4. The Morgan fingerprint density at radius 3 is 2.31 bits per heavy atom. The van der Waals surface area contributed by atoms with Gasteiger partial charge < -0.3 is 5.73 Å². The number of likely N-dealkylation sites (tertiary alicyclic amines) is 1. The summed E-state index contributed by atoms with van der Waals surface area (Å²) in [4.78, 5) is 16.7. The summed E-state index contributed by atoms with van der Waals surface area (Å²) in [6.07, 6.45) is 6.01. The van der Waals surface area contributed by atoms with Crippen molar-refractivity contribution in [2.24, 2.45) is 5.73 Å². The molecule has 2 aromatic rings. The molecule has 5 rings (SSSR count). The lowest BCUT2D eigenvalue weighted by Gasteiger charge is -2.45. The minimum Gasteiger partial charge on any atom is -0.372 e. The van der Waals surface area contributed by atoms with Crippen molar-refractivity contribution in [3.63, 3.8) is 0 Å². The van der Waals surface area contributed by atoms with Crippen LogP contribution in [0, 0.1) is 19.7 Å². The van der Waals surface area contributed by atoms with Crippen molar-refractivity contribution < 1.29 is 9.18 Å². The Balaban J connectivity index is 0.00000112. The standard InChI is InChI=1S/C31H41FN3P.CH3NO/c1-23-7-8-28(24(2)17-23)21-33-11-9-30(10-12-33)34-13-15-35(16-14-34)31-25(3)18-27(22-36-31)19-26-5-4-6-29(32)20-26;2-1-3/h4-8,17-18,20,22,30-31,36H,9-16,19,21H2,1-3H3;1H,(H2,2,3). The Bertz CT molecular complexity index is 1170. The summed E-state index contributed by atoms with van der Waals surface area (Å²) >= 11 is 0. The number of halogens is 1. The highest BCUT2D eigenvalue weighted by atomic mass is 31.1. The lowest BCUT2D eigenvalue weighted by atomic mass is 10.00. The molecule has 0 radical (unpaired) electrons. The summed E-state index contributed by atoms with van der Waals surface area (Å²) in [5, 5.41) is 0. The van der Waals surface area contributed by atoms with E-state index in [0.29, 0.717) is 5.78 Å². The van der Waals surface area contributed by atoms with Crippen LogP contribution < -0.4 is 5.73 Å². The zero-order chi connectivity index (χ0) is 27.8. The van der Waals surface area contributed by atoms with Crippen LogP contribution in [0.5, 0.6) is 0 Å². The molecule has 2 N–H and O–H groups in total. The number of primary amides is 1. The number of hydrogen-bond donors (Lipinski definition) is 1. The zero-order valence-corrected chi connectivity index (χ0v) is 24.7. The van der Waals surface area contributed by atoms with Crippen LogP contribution in [0.15, 0.2) is 65.5 Å². The summed E-state index contributed by atoms with van der Waals surface area (Å²) in [6.45, 7) is 14.9. The van der Waals surface area contributed by atoms with Crippen LogP contribution in [0.2, 0.25) is 0 Å². The fourth-order valence-electron chi connectivity index (χ4n) is 6.18. The smallest absolute Gasteiger partial charge is 0.204 e. The molecule has 3 aliphatic rings. The van der Waals surface area contributed by atoms with E-state index in [1.165, 1.54) is 86.0 Å². The number of nitrogens with zero attached hydrogens (tertiary/aromatic N) is 3. The van der Waals surface area contributed by atoms with Crippen LogP contribution in [0.1, 0.15) is 42.0 Å². The van der Waals surface area contributed by atoms with E-state index in [-0.39, 0.29) is 12.2 Å². The largest absolute Gasteiger partial charge is 0.372 e. The molecule has 1 amide bonds. The number of piperidine rings is 1. The van der Waals surface area contributed by atoms with Crippen molar-refractivity contribution in [1.82, 2.24) is 14.7 Å². The fraction of sp³-hybridized carbons (Fsp3) is 0.469. The molecular weight excluding hydrogens is 506 g/mol. The van der Waals surface area contributed by atoms with Gasteiger partial charge in [0, 0.05) is 38.8 Å². The first kappa shape index (κ1) is 29.6. The highest BCUT2D eigenvalue weighted by Crippen LogP contribution is 2.37. The normalized spacial score (nSPS) is 22.1. The first-order chi connectivity index (χ1) is 18.9. The minimum absolute atomic E-state index is 0.144. The molecule has 0 spiro atoms. The Hall–Kier alpha value is -2.37. The van der Waals surface area contributed by atoms with Crippen LogP contribution >= 0.6 is 8.58 Å². The van der Waals surface area contributed by atoms with Crippen molar-refractivity contribution in [1.29, 1.82) is 0 Å². The molecule has 2 atom stereocenters. The molecule has 3 aliphatic heterocycles. The highest BCUT2D eigenvalue weighted by molar-refractivity contribution is 7.42. The third-order valence-corrected chi connectivity index (χ3v) is 9.92. The number of carbonyl (C=O) groups is 1. The fourth-order valence-corrected chi connectivity index (χ4v) is 7.55. The average Bonchev–Trinajstić information content (AvgIpc) is 2.92. The van der Waals surface area contributed by atoms with Crippen LogP contribution in [-0.2, 0) is 17.8 Å². The van der Waals surface area contributed by atoms with E-state index >= 15 is 0 Å². The molecule has 5 nitrogen and oxygen atoms in total. The van der Waals surface area contributed by atoms with Crippen molar-refractivity contribution in [2.75, 3.05) is 39.3 Å². The quantitative estimate of drug-likeness (QED) is 0.396. The molecule has 2 saturated heterocycles. The van der Waals surface area contributed by atoms with E-state index in [9.17, 15) is 4.39 Å². The highest BCUT2D eigenvalue weighted by Gasteiger charge is 2.30. The summed E-state index contributed by atoms with van der Waals surface area (Å²) in [6, 6.07) is 14.6. The molecule has 2 unspecified atom stereocenters. The maximum Gasteiger partial charge on any atom is 0.204 e. The number of rotatable bonds is 6. The predicted octanol–water partition coefficient (Wildman–Crippen LogP) is 5.22. The van der Waals surface area contributed by atoms with Gasteiger partial charge in [0.05, 0.1) is 5.78 Å². The molecule has 39 heavy (non-hydrogen) atoms. The summed E-state index contributed by atoms with van der Waals surface area (Å²) in [5.41, 5.74) is 12.3. The van der Waals surface area contributed by atoms with Gasteiger partial charge in [0.25, 0.3) is 0 Å². The van der Waals surface area contributed by atoms with Gasteiger partial charge in [-0.15, -0.1) is 0 Å². The van der Waals surface area contributed by atoms with Gasteiger partial charge in [0.1, 0.15) is 5.82 Å². The number of aryl methyl sites for hydroxylation is 2. The van der Waals surface area contributed by atoms with E-state index < -0.39 is 0 Å². The van der Waals surface area contributed by atoms with E-state index in [1.807, 2.05) is 12.1 Å². The van der Waals surface area contributed by atoms with Crippen LogP contribution in [-0.4, -0.2) is 72.2 Å². The van der Waals surface area contributed by atoms with Gasteiger partial charge in [-0.25, -0.2) is 4.39 Å². The van der Waals surface area contributed by atoms with Gasteiger partial charge in [-0.2, -0.15) is 0 Å². The zero-order valence-electron chi connectivity index (χ0n) is 23.7. The number of benzene rings is 2. The maximum atomic E-state index is 13.6. The summed E-state index contributed by atoms with van der Waals surface area (Å²) in [5.74, 6) is 2.80. The molecule has 0 aliphatic carbocycles. The molecule has 0 aromatic heterocycles. The second kappa shape index (κ2) is 14.3. The Labute approximate surface area is 235 Å². The van der Waals surface area contributed by atoms with Gasteiger partial charge in [-0.3, -0.25) is 19.5 Å². The lowest BCUT2D eigenvalue weighted by molar-refractivity contribution is -0.106. The van der Waals surface area contributed by atoms with Gasteiger partial charge in [0.15, 0.2) is 0 Å². The molecule has 2 fully saturated rings. The van der Waals surface area contributed by atoms with Crippen LogP contribution in [0.4, 0.5) is 4.39 Å². The minimum atomic E-state index is -0.144. The summed E-state index contributed by atoms with van der Waals surface area (Å²) < 4.78 is 13.6. The van der Waals surface area contributed by atoms with Crippen molar-refractivity contribution in [3.8, 4) is 0 Å². The van der Waals surface area contributed by atoms with Crippen molar-refractivity contribution >= 4 is 15.0 Å². The van der Waals surface area contributed by atoms with Crippen molar-refractivity contribution in [3.05, 3.63) is 93.6 Å². The monoisotopic (exact) mass is 550 g/mol. The Kier molecular flexibility index (Phi) is 10.9. The molecule has 3 heterocycles. The van der Waals surface area contributed by atoms with E-state index in [0.717, 1.165) is 33.2 Å². The van der Waals surface area contributed by atoms with Gasteiger partial charge >= 0.3 is 0 Å². The van der Waals surface area contributed by atoms with Crippen molar-refractivity contribution in [2.45, 2.75) is 58.4 Å². The first-order valence-corrected chi connectivity index (χ1v) is 15.3. The van der Waals surface area contributed by atoms with Gasteiger partial charge in [0.2, 0.25) is 6.41 Å². The third kappa shape index (κ3) is 8.31. The first-order valence-electron chi connectivity index (χ1n) is 14.2. The predicted molar refractivity (Wildman–Crippen MR) is 162 cm³/mol. The molecule has 0 bridgehead atoms. The summed E-state index contributed by atoms with van der Waals surface area (Å²) in [7, 11) is 0.789. The molecular formula is C32H44FN4OP. The number of amides is 1. The van der Waals surface area contributed by atoms with Crippen LogP contribution in [0.25, 0.3) is 0 Å². The second-order valence-electron chi connectivity index (χ2n) is 11.1. The maximum absolute atomic E-state index is 13.6. The number of carbonyl (C=O) groups excluding carboxylic acids is 1. The SMILES string of the molecule is CC1=CC(Cc2cccc(F)c2)=CPC1N1CCN(C2CCN(Cc3ccc(C)cc3C)CC2)CC1.NC=O. The topological polar surface area (TPSA) is 52.8 Å². The van der Waals surface area contributed by atoms with E-state index in [2.05, 4.69) is 71.3 Å². The molecule has 2 aromatic carbocycles. The van der Waals surface area contributed by atoms with Gasteiger partial charge in [-0.1, -0.05) is 61.9 Å². The molecule has 0 saturated carbocycles. The van der Waals surface area contributed by atoms with E-state index in [1.54, 1.807) is 6.07 Å². The Morgan fingerprint density at radius 2 is 1.67 bits per heavy atom. The number of allylic oxidation sites excluding steroid dienone is 2. The number of piperazine rings is 1. The van der Waals surface area contributed by atoms with E-state index in [4.69, 9.17) is 4.79 Å². The van der Waals surface area contributed by atoms with Gasteiger partial charge in [-0.05, 0) is 87.5 Å². The lowest BCUT2D eigenvalue weighted by Crippen LogP contribution is -2.54. The number of nitrogens with two attached hydrogens (primary N) is 1. The van der Waals surface area contributed by atoms with Crippen LogP contribution in [0.3, 0.4) is 0 Å². The third-order valence-electron chi connectivity index (χ3n) is 8.25.